The number of benzene rings is 2. The first-order valence-corrected chi connectivity index (χ1v) is 7.43. The van der Waals surface area contributed by atoms with Crippen molar-refractivity contribution in [2.24, 2.45) is 5.14 Å². The van der Waals surface area contributed by atoms with Crippen molar-refractivity contribution < 1.29 is 13.2 Å². The smallest absolute Gasteiger partial charge is 0.238 e. The first kappa shape index (κ1) is 14.1. The van der Waals surface area contributed by atoms with Crippen molar-refractivity contribution in [3.8, 4) is 11.5 Å². The Morgan fingerprint density at radius 2 is 1.58 bits per heavy atom. The molecule has 2 rings (SSSR count). The molecule has 2 N–H and O–H groups in total. The summed E-state index contributed by atoms with van der Waals surface area (Å²) in [6.45, 7) is 0. The summed E-state index contributed by atoms with van der Waals surface area (Å²) in [6.07, 6.45) is 0. The van der Waals surface area contributed by atoms with E-state index in [9.17, 15) is 8.42 Å². The minimum absolute atomic E-state index is 0.0796. The topological polar surface area (TPSA) is 69.4 Å². The predicted molar refractivity (Wildman–Crippen MR) is 74.4 cm³/mol. The first-order valence-electron chi connectivity index (χ1n) is 5.12. The number of ether oxygens (including phenoxy) is 1. The van der Waals surface area contributed by atoms with Gasteiger partial charge in [-0.15, -0.1) is 0 Å². The minimum Gasteiger partial charge on any atom is -0.454 e. The third-order valence-electron chi connectivity index (χ3n) is 2.29. The van der Waals surface area contributed by atoms with Gasteiger partial charge in [-0.3, -0.25) is 0 Å². The van der Waals surface area contributed by atoms with E-state index in [-0.39, 0.29) is 9.92 Å². The van der Waals surface area contributed by atoms with Gasteiger partial charge in [0, 0.05) is 0 Å². The predicted octanol–water partition coefficient (Wildman–Crippen LogP) is 3.43. The third kappa shape index (κ3) is 3.39. The molecule has 100 valence electrons. The fraction of sp³-hybridized carbons (Fsp3) is 0. The van der Waals surface area contributed by atoms with Crippen molar-refractivity contribution in [3.63, 3.8) is 0 Å². The van der Waals surface area contributed by atoms with E-state index in [0.29, 0.717) is 16.5 Å². The molecule has 0 bridgehead atoms. The summed E-state index contributed by atoms with van der Waals surface area (Å²) in [6, 6.07) is 10.8. The Morgan fingerprint density at radius 1 is 0.947 bits per heavy atom. The Hall–Kier alpha value is -1.27. The molecule has 0 aliphatic heterocycles. The second kappa shape index (κ2) is 5.38. The van der Waals surface area contributed by atoms with Crippen molar-refractivity contribution in [2.45, 2.75) is 4.90 Å². The van der Waals surface area contributed by atoms with Crippen LogP contribution in [0.3, 0.4) is 0 Å². The van der Waals surface area contributed by atoms with Gasteiger partial charge in [0.15, 0.2) is 0 Å². The van der Waals surface area contributed by atoms with Gasteiger partial charge in [-0.25, -0.2) is 13.6 Å². The van der Waals surface area contributed by atoms with Gasteiger partial charge in [-0.05, 0) is 30.3 Å². The highest BCUT2D eigenvalue weighted by Crippen LogP contribution is 2.34. The summed E-state index contributed by atoms with van der Waals surface area (Å²) in [5.74, 6) is 0.719. The number of para-hydroxylation sites is 1. The lowest BCUT2D eigenvalue weighted by molar-refractivity contribution is 0.482. The quantitative estimate of drug-likeness (QED) is 0.942. The zero-order valence-electron chi connectivity index (χ0n) is 9.51. The van der Waals surface area contributed by atoms with Crippen LogP contribution in [0.2, 0.25) is 10.0 Å². The van der Waals surface area contributed by atoms with E-state index in [4.69, 9.17) is 33.1 Å². The molecular weight excluding hydrogens is 309 g/mol. The molecular formula is C12H9Cl2NO3S. The van der Waals surface area contributed by atoms with Crippen molar-refractivity contribution in [1.82, 2.24) is 0 Å². The zero-order valence-corrected chi connectivity index (χ0v) is 11.8. The van der Waals surface area contributed by atoms with E-state index >= 15 is 0 Å². The second-order valence-corrected chi connectivity index (χ2v) is 6.05. The Balaban J connectivity index is 2.36. The lowest BCUT2D eigenvalue weighted by atomic mass is 10.3. The normalized spacial score (nSPS) is 11.3. The number of rotatable bonds is 3. The molecule has 0 spiro atoms. The van der Waals surface area contributed by atoms with E-state index in [2.05, 4.69) is 0 Å². The molecule has 0 fully saturated rings. The summed E-state index contributed by atoms with van der Waals surface area (Å²) >= 11 is 11.9. The molecule has 0 radical (unpaired) electrons. The number of primary sulfonamides is 1. The van der Waals surface area contributed by atoms with Crippen LogP contribution in [-0.4, -0.2) is 8.42 Å². The summed E-state index contributed by atoms with van der Waals surface area (Å²) in [7, 11) is -3.79. The van der Waals surface area contributed by atoms with Crippen LogP contribution >= 0.6 is 23.2 Å². The molecule has 4 nitrogen and oxygen atoms in total. The van der Waals surface area contributed by atoms with E-state index in [1.54, 1.807) is 24.3 Å². The van der Waals surface area contributed by atoms with Gasteiger partial charge in [0.05, 0.1) is 14.9 Å². The SMILES string of the molecule is NS(=O)(=O)c1ccc(Oc2ccccc2Cl)c(Cl)c1. The van der Waals surface area contributed by atoms with Crippen LogP contribution in [0.5, 0.6) is 11.5 Å². The first-order chi connectivity index (χ1) is 8.88. The van der Waals surface area contributed by atoms with Crippen LogP contribution in [0, 0.1) is 0 Å². The van der Waals surface area contributed by atoms with Crippen LogP contribution in [0.4, 0.5) is 0 Å². The lowest BCUT2D eigenvalue weighted by Crippen LogP contribution is -2.11. The molecule has 0 aliphatic carbocycles. The van der Waals surface area contributed by atoms with Crippen molar-refractivity contribution in [2.75, 3.05) is 0 Å². The van der Waals surface area contributed by atoms with Gasteiger partial charge < -0.3 is 4.74 Å². The lowest BCUT2D eigenvalue weighted by Gasteiger charge is -2.09. The highest BCUT2D eigenvalue weighted by Gasteiger charge is 2.12. The molecule has 0 amide bonds. The van der Waals surface area contributed by atoms with Crippen molar-refractivity contribution >= 4 is 33.2 Å². The maximum atomic E-state index is 11.2. The standard InChI is InChI=1S/C12H9Cl2NO3S/c13-9-3-1-2-4-11(9)18-12-6-5-8(7-10(12)14)19(15,16)17/h1-7H,(H2,15,16,17). The average Bonchev–Trinajstić information content (AvgIpc) is 2.33. The van der Waals surface area contributed by atoms with Crippen LogP contribution in [0.15, 0.2) is 47.4 Å². The number of halogens is 2. The molecule has 0 saturated carbocycles. The minimum atomic E-state index is -3.79. The zero-order chi connectivity index (χ0) is 14.0. The largest absolute Gasteiger partial charge is 0.454 e. The number of sulfonamides is 1. The monoisotopic (exact) mass is 317 g/mol. The van der Waals surface area contributed by atoms with Gasteiger partial charge in [0.1, 0.15) is 11.5 Å². The average molecular weight is 318 g/mol. The van der Waals surface area contributed by atoms with Crippen molar-refractivity contribution in [3.05, 3.63) is 52.5 Å². The Labute approximate surface area is 120 Å². The molecule has 0 unspecified atom stereocenters. The highest BCUT2D eigenvalue weighted by atomic mass is 35.5. The van der Waals surface area contributed by atoms with Gasteiger partial charge in [0.2, 0.25) is 10.0 Å². The van der Waals surface area contributed by atoms with Crippen LogP contribution < -0.4 is 9.88 Å². The van der Waals surface area contributed by atoms with Crippen LogP contribution in [0.25, 0.3) is 0 Å². The third-order valence-corrected chi connectivity index (χ3v) is 3.81. The molecule has 0 aromatic heterocycles. The molecule has 0 saturated heterocycles. The summed E-state index contributed by atoms with van der Waals surface area (Å²) < 4.78 is 27.8. The molecule has 0 atom stereocenters. The highest BCUT2D eigenvalue weighted by molar-refractivity contribution is 7.89. The van der Waals surface area contributed by atoms with Crippen LogP contribution in [-0.2, 0) is 10.0 Å². The Morgan fingerprint density at radius 3 is 2.16 bits per heavy atom. The summed E-state index contributed by atoms with van der Waals surface area (Å²) in [4.78, 5) is -0.0796. The maximum absolute atomic E-state index is 11.2. The van der Waals surface area contributed by atoms with Gasteiger partial charge in [0.25, 0.3) is 0 Å². The van der Waals surface area contributed by atoms with Gasteiger partial charge in [-0.1, -0.05) is 35.3 Å². The molecule has 2 aromatic rings. The van der Waals surface area contributed by atoms with Gasteiger partial charge >= 0.3 is 0 Å². The molecule has 7 heteroatoms. The number of hydrogen-bond acceptors (Lipinski definition) is 3. The van der Waals surface area contributed by atoms with E-state index in [1.165, 1.54) is 18.2 Å². The molecule has 0 heterocycles. The fourth-order valence-corrected chi connectivity index (χ4v) is 2.39. The Bertz CT molecular complexity index is 717. The fourth-order valence-electron chi connectivity index (χ4n) is 1.39. The van der Waals surface area contributed by atoms with Crippen LogP contribution in [0.1, 0.15) is 0 Å². The van der Waals surface area contributed by atoms with E-state index < -0.39 is 10.0 Å². The summed E-state index contributed by atoms with van der Waals surface area (Å²) in [5, 5.41) is 5.56. The maximum Gasteiger partial charge on any atom is 0.238 e. The Kier molecular flexibility index (Phi) is 4.01. The van der Waals surface area contributed by atoms with E-state index in [1.807, 2.05) is 0 Å². The number of nitrogens with two attached hydrogens (primary N) is 1. The van der Waals surface area contributed by atoms with Gasteiger partial charge in [-0.2, -0.15) is 0 Å². The summed E-state index contributed by atoms with van der Waals surface area (Å²) in [5.41, 5.74) is 0. The second-order valence-electron chi connectivity index (χ2n) is 3.67. The molecule has 19 heavy (non-hydrogen) atoms. The molecule has 0 aliphatic rings. The van der Waals surface area contributed by atoms with E-state index in [0.717, 1.165) is 0 Å². The number of hydrogen-bond donors (Lipinski definition) is 1. The molecule has 2 aromatic carbocycles. The van der Waals surface area contributed by atoms with Crippen molar-refractivity contribution in [1.29, 1.82) is 0 Å².